The Balaban J connectivity index is 2.15. The van der Waals surface area contributed by atoms with Crippen LogP contribution in [0.5, 0.6) is 0 Å². The SMILES string of the molecule is CN[C@@H]1CCCO[C@@H]1c1ccccc1. The summed E-state index contributed by atoms with van der Waals surface area (Å²) in [6, 6.07) is 10.9. The molecular formula is C12H17NO. The molecule has 1 fully saturated rings. The molecule has 0 spiro atoms. The molecule has 0 bridgehead atoms. The minimum Gasteiger partial charge on any atom is -0.372 e. The van der Waals surface area contributed by atoms with Crippen LogP contribution in [-0.4, -0.2) is 19.7 Å². The van der Waals surface area contributed by atoms with Crippen LogP contribution in [0.3, 0.4) is 0 Å². The van der Waals surface area contributed by atoms with E-state index in [9.17, 15) is 0 Å². The monoisotopic (exact) mass is 191 g/mol. The third-order valence-corrected chi connectivity index (χ3v) is 2.82. The predicted octanol–water partition coefficient (Wildman–Crippen LogP) is 2.13. The molecular weight excluding hydrogens is 174 g/mol. The number of ether oxygens (including phenoxy) is 1. The molecule has 1 aromatic carbocycles. The molecule has 2 rings (SSSR count). The first-order valence-electron chi connectivity index (χ1n) is 5.25. The lowest BCUT2D eigenvalue weighted by molar-refractivity contribution is -0.00854. The highest BCUT2D eigenvalue weighted by molar-refractivity contribution is 5.19. The third kappa shape index (κ3) is 1.97. The van der Waals surface area contributed by atoms with Crippen molar-refractivity contribution in [2.45, 2.75) is 25.0 Å². The van der Waals surface area contributed by atoms with Gasteiger partial charge in [0.2, 0.25) is 0 Å². The normalized spacial score (nSPS) is 27.5. The van der Waals surface area contributed by atoms with Crippen LogP contribution in [0.25, 0.3) is 0 Å². The zero-order chi connectivity index (χ0) is 9.80. The third-order valence-electron chi connectivity index (χ3n) is 2.82. The second kappa shape index (κ2) is 4.58. The summed E-state index contributed by atoms with van der Waals surface area (Å²) in [5.41, 5.74) is 1.28. The van der Waals surface area contributed by atoms with Gasteiger partial charge in [0, 0.05) is 12.6 Å². The van der Waals surface area contributed by atoms with Gasteiger partial charge in [-0.25, -0.2) is 0 Å². The fourth-order valence-electron chi connectivity index (χ4n) is 2.05. The second-order valence-corrected chi connectivity index (χ2v) is 3.74. The molecule has 0 saturated carbocycles. The van der Waals surface area contributed by atoms with E-state index in [0.29, 0.717) is 6.04 Å². The molecule has 2 nitrogen and oxygen atoms in total. The lowest BCUT2D eigenvalue weighted by atomic mass is 9.96. The van der Waals surface area contributed by atoms with Crippen molar-refractivity contribution in [2.75, 3.05) is 13.7 Å². The average Bonchev–Trinajstić information content (AvgIpc) is 2.30. The van der Waals surface area contributed by atoms with Crippen molar-refractivity contribution in [3.63, 3.8) is 0 Å². The molecule has 0 aliphatic carbocycles. The van der Waals surface area contributed by atoms with Gasteiger partial charge >= 0.3 is 0 Å². The smallest absolute Gasteiger partial charge is 0.0977 e. The molecule has 0 aromatic heterocycles. The molecule has 2 atom stereocenters. The zero-order valence-electron chi connectivity index (χ0n) is 8.57. The molecule has 1 aliphatic heterocycles. The van der Waals surface area contributed by atoms with Gasteiger partial charge in [-0.2, -0.15) is 0 Å². The number of benzene rings is 1. The summed E-state index contributed by atoms with van der Waals surface area (Å²) in [4.78, 5) is 0. The molecule has 1 heterocycles. The summed E-state index contributed by atoms with van der Waals surface area (Å²) in [6.07, 6.45) is 2.60. The van der Waals surface area contributed by atoms with E-state index in [4.69, 9.17) is 4.74 Å². The van der Waals surface area contributed by atoms with Crippen LogP contribution in [0.4, 0.5) is 0 Å². The van der Waals surface area contributed by atoms with Gasteiger partial charge in [-0.3, -0.25) is 0 Å². The Morgan fingerprint density at radius 1 is 1.29 bits per heavy atom. The van der Waals surface area contributed by atoms with Crippen LogP contribution in [0.15, 0.2) is 30.3 Å². The van der Waals surface area contributed by atoms with Gasteiger partial charge in [0.05, 0.1) is 6.10 Å². The fourth-order valence-corrected chi connectivity index (χ4v) is 2.05. The first-order chi connectivity index (χ1) is 6.92. The fraction of sp³-hybridized carbons (Fsp3) is 0.500. The molecule has 14 heavy (non-hydrogen) atoms. The van der Waals surface area contributed by atoms with Gasteiger partial charge in [0.1, 0.15) is 0 Å². The van der Waals surface area contributed by atoms with Gasteiger partial charge in [0.25, 0.3) is 0 Å². The van der Waals surface area contributed by atoms with Gasteiger partial charge < -0.3 is 10.1 Å². The Kier molecular flexibility index (Phi) is 3.17. The van der Waals surface area contributed by atoms with E-state index in [1.807, 2.05) is 13.1 Å². The number of nitrogens with one attached hydrogen (secondary N) is 1. The minimum atomic E-state index is 0.231. The largest absolute Gasteiger partial charge is 0.372 e. The quantitative estimate of drug-likeness (QED) is 0.773. The summed E-state index contributed by atoms with van der Waals surface area (Å²) in [5, 5.41) is 3.33. The minimum absolute atomic E-state index is 0.231. The molecule has 0 radical (unpaired) electrons. The van der Waals surface area contributed by atoms with Crippen LogP contribution < -0.4 is 5.32 Å². The maximum Gasteiger partial charge on any atom is 0.0977 e. The Hall–Kier alpha value is -0.860. The molecule has 0 unspecified atom stereocenters. The van der Waals surface area contributed by atoms with Crippen LogP contribution in [-0.2, 0) is 4.74 Å². The van der Waals surface area contributed by atoms with Crippen molar-refractivity contribution in [1.29, 1.82) is 0 Å². The van der Waals surface area contributed by atoms with Crippen LogP contribution >= 0.6 is 0 Å². The van der Waals surface area contributed by atoms with Crippen LogP contribution in [0.2, 0.25) is 0 Å². The Bertz CT molecular complexity index is 273. The van der Waals surface area contributed by atoms with Gasteiger partial charge in [0.15, 0.2) is 0 Å². The molecule has 2 heteroatoms. The van der Waals surface area contributed by atoms with Crippen molar-refractivity contribution in [1.82, 2.24) is 5.32 Å². The second-order valence-electron chi connectivity index (χ2n) is 3.74. The van der Waals surface area contributed by atoms with Gasteiger partial charge in [-0.1, -0.05) is 30.3 Å². The van der Waals surface area contributed by atoms with Crippen molar-refractivity contribution < 1.29 is 4.74 Å². The molecule has 1 aromatic rings. The standard InChI is InChI=1S/C12H17NO/c1-13-11-8-5-9-14-12(11)10-6-3-2-4-7-10/h2-4,6-7,11-13H,5,8-9H2,1H3/t11-,12-/m1/s1. The summed E-state index contributed by atoms with van der Waals surface area (Å²) in [6.45, 7) is 0.887. The maximum absolute atomic E-state index is 5.80. The van der Waals surface area contributed by atoms with Gasteiger partial charge in [-0.15, -0.1) is 0 Å². The lowest BCUT2D eigenvalue weighted by Gasteiger charge is -2.31. The summed E-state index contributed by atoms with van der Waals surface area (Å²) in [5.74, 6) is 0. The molecule has 1 aliphatic rings. The number of hydrogen-bond donors (Lipinski definition) is 1. The zero-order valence-corrected chi connectivity index (χ0v) is 8.57. The predicted molar refractivity (Wildman–Crippen MR) is 57.2 cm³/mol. The first kappa shape index (κ1) is 9.69. The van der Waals surface area contributed by atoms with Crippen LogP contribution in [0.1, 0.15) is 24.5 Å². The van der Waals surface area contributed by atoms with E-state index in [1.165, 1.54) is 12.0 Å². The summed E-state index contributed by atoms with van der Waals surface area (Å²) in [7, 11) is 2.01. The maximum atomic E-state index is 5.80. The highest BCUT2D eigenvalue weighted by Crippen LogP contribution is 2.27. The Morgan fingerprint density at radius 3 is 2.79 bits per heavy atom. The van der Waals surface area contributed by atoms with E-state index in [-0.39, 0.29) is 6.10 Å². The van der Waals surface area contributed by atoms with Crippen molar-refractivity contribution in [3.05, 3.63) is 35.9 Å². The topological polar surface area (TPSA) is 21.3 Å². The molecule has 1 N–H and O–H groups in total. The summed E-state index contributed by atoms with van der Waals surface area (Å²) >= 11 is 0. The molecule has 0 amide bonds. The number of likely N-dealkylation sites (N-methyl/N-ethyl adjacent to an activating group) is 1. The van der Waals surface area contributed by atoms with Crippen molar-refractivity contribution >= 4 is 0 Å². The number of rotatable bonds is 2. The van der Waals surface area contributed by atoms with E-state index in [2.05, 4.69) is 29.6 Å². The van der Waals surface area contributed by atoms with Gasteiger partial charge in [-0.05, 0) is 25.5 Å². The van der Waals surface area contributed by atoms with E-state index in [1.54, 1.807) is 0 Å². The molecule has 1 saturated heterocycles. The van der Waals surface area contributed by atoms with Crippen molar-refractivity contribution in [3.8, 4) is 0 Å². The highest BCUT2D eigenvalue weighted by Gasteiger charge is 2.25. The average molecular weight is 191 g/mol. The Morgan fingerprint density at radius 2 is 2.07 bits per heavy atom. The first-order valence-corrected chi connectivity index (χ1v) is 5.25. The van der Waals surface area contributed by atoms with E-state index in [0.717, 1.165) is 13.0 Å². The van der Waals surface area contributed by atoms with E-state index < -0.39 is 0 Å². The van der Waals surface area contributed by atoms with E-state index >= 15 is 0 Å². The van der Waals surface area contributed by atoms with Crippen molar-refractivity contribution in [2.24, 2.45) is 0 Å². The lowest BCUT2D eigenvalue weighted by Crippen LogP contribution is -2.37. The highest BCUT2D eigenvalue weighted by atomic mass is 16.5. The summed E-state index contributed by atoms with van der Waals surface area (Å²) < 4.78 is 5.80. The molecule has 76 valence electrons. The van der Waals surface area contributed by atoms with Crippen LogP contribution in [0, 0.1) is 0 Å². The number of hydrogen-bond acceptors (Lipinski definition) is 2. The Labute approximate surface area is 85.3 Å².